The third kappa shape index (κ3) is 3.32. The maximum absolute atomic E-state index is 12.8. The molecule has 1 N–H and O–H groups in total. The number of amides is 1. The second-order valence-corrected chi connectivity index (χ2v) is 5.86. The minimum atomic E-state index is 0.0199. The zero-order chi connectivity index (χ0) is 15.4. The van der Waals surface area contributed by atoms with Crippen LogP contribution in [0, 0.1) is 0 Å². The second kappa shape index (κ2) is 6.95. The largest absolute Gasteiger partial charge is 0.337 e. The van der Waals surface area contributed by atoms with Gasteiger partial charge in [0.2, 0.25) is 0 Å². The molecule has 2 aromatic rings. The van der Waals surface area contributed by atoms with Crippen LogP contribution >= 0.6 is 11.6 Å². The summed E-state index contributed by atoms with van der Waals surface area (Å²) in [6.45, 7) is 3.30. The van der Waals surface area contributed by atoms with Crippen molar-refractivity contribution in [3.05, 3.63) is 59.1 Å². The Morgan fingerprint density at radius 3 is 2.64 bits per heavy atom. The summed E-state index contributed by atoms with van der Waals surface area (Å²) < 4.78 is 0. The lowest BCUT2D eigenvalue weighted by atomic mass is 10.0. The molecule has 1 heterocycles. The number of halogens is 1. The van der Waals surface area contributed by atoms with Crippen molar-refractivity contribution in [2.45, 2.75) is 6.42 Å². The van der Waals surface area contributed by atoms with E-state index in [4.69, 9.17) is 11.6 Å². The van der Waals surface area contributed by atoms with E-state index in [0.717, 1.165) is 43.7 Å². The van der Waals surface area contributed by atoms with E-state index >= 15 is 0 Å². The van der Waals surface area contributed by atoms with Crippen LogP contribution < -0.4 is 5.32 Å². The normalized spacial score (nSPS) is 15.4. The molecule has 0 aromatic heterocycles. The summed E-state index contributed by atoms with van der Waals surface area (Å²) >= 11 is 6.28. The van der Waals surface area contributed by atoms with Crippen LogP contribution in [-0.4, -0.2) is 37.0 Å². The Kier molecular flexibility index (Phi) is 4.76. The van der Waals surface area contributed by atoms with E-state index in [1.807, 2.05) is 53.4 Å². The zero-order valence-corrected chi connectivity index (χ0v) is 13.1. The summed E-state index contributed by atoms with van der Waals surface area (Å²) in [6, 6.07) is 15.7. The molecule has 0 spiro atoms. The van der Waals surface area contributed by atoms with Crippen LogP contribution in [0.1, 0.15) is 16.8 Å². The van der Waals surface area contributed by atoms with E-state index in [9.17, 15) is 4.79 Å². The molecule has 2 aromatic carbocycles. The molecule has 3 nitrogen and oxygen atoms in total. The van der Waals surface area contributed by atoms with Gasteiger partial charge in [0.1, 0.15) is 0 Å². The van der Waals surface area contributed by atoms with Crippen LogP contribution in [0.25, 0.3) is 11.1 Å². The molecule has 1 amide bonds. The summed E-state index contributed by atoms with van der Waals surface area (Å²) in [5.74, 6) is 0.0199. The number of hydrogen-bond donors (Lipinski definition) is 1. The second-order valence-electron chi connectivity index (χ2n) is 5.46. The first-order valence-electron chi connectivity index (χ1n) is 7.60. The average molecular weight is 315 g/mol. The number of carbonyl (C=O) groups is 1. The highest BCUT2D eigenvalue weighted by atomic mass is 35.5. The van der Waals surface area contributed by atoms with E-state index in [2.05, 4.69) is 5.32 Å². The topological polar surface area (TPSA) is 32.3 Å². The predicted molar refractivity (Wildman–Crippen MR) is 90.3 cm³/mol. The first-order chi connectivity index (χ1) is 10.8. The maximum atomic E-state index is 12.8. The van der Waals surface area contributed by atoms with Crippen molar-refractivity contribution in [3.63, 3.8) is 0 Å². The fourth-order valence-electron chi connectivity index (χ4n) is 2.72. The molecule has 0 atom stereocenters. The van der Waals surface area contributed by atoms with Gasteiger partial charge in [0.15, 0.2) is 0 Å². The minimum absolute atomic E-state index is 0.0199. The summed E-state index contributed by atoms with van der Waals surface area (Å²) in [5.41, 5.74) is 2.69. The highest BCUT2D eigenvalue weighted by molar-refractivity contribution is 6.34. The predicted octanol–water partition coefficient (Wildman–Crippen LogP) is 3.44. The van der Waals surface area contributed by atoms with Crippen molar-refractivity contribution < 1.29 is 4.79 Å². The third-order valence-corrected chi connectivity index (χ3v) is 4.26. The van der Waals surface area contributed by atoms with Crippen LogP contribution in [-0.2, 0) is 0 Å². The first-order valence-corrected chi connectivity index (χ1v) is 7.98. The van der Waals surface area contributed by atoms with Crippen LogP contribution in [0.5, 0.6) is 0 Å². The van der Waals surface area contributed by atoms with Crippen molar-refractivity contribution >= 4 is 17.5 Å². The highest BCUT2D eigenvalue weighted by Gasteiger charge is 2.20. The van der Waals surface area contributed by atoms with Gasteiger partial charge in [-0.05, 0) is 36.2 Å². The highest BCUT2D eigenvalue weighted by Crippen LogP contribution is 2.26. The number of nitrogens with one attached hydrogen (secondary N) is 1. The molecule has 1 fully saturated rings. The molecule has 0 radical (unpaired) electrons. The first kappa shape index (κ1) is 15.1. The molecule has 114 valence electrons. The van der Waals surface area contributed by atoms with E-state index in [1.165, 1.54) is 0 Å². The number of carbonyl (C=O) groups excluding carboxylic acids is 1. The third-order valence-electron chi connectivity index (χ3n) is 3.93. The fraction of sp³-hybridized carbons (Fsp3) is 0.278. The molecule has 0 bridgehead atoms. The number of benzene rings is 2. The molecule has 4 heteroatoms. The van der Waals surface area contributed by atoms with Gasteiger partial charge in [-0.2, -0.15) is 0 Å². The summed E-state index contributed by atoms with van der Waals surface area (Å²) in [6.07, 6.45) is 0.974. The molecule has 3 rings (SSSR count). The van der Waals surface area contributed by atoms with E-state index in [1.54, 1.807) is 0 Å². The zero-order valence-electron chi connectivity index (χ0n) is 12.4. The molecule has 0 saturated carbocycles. The van der Waals surface area contributed by atoms with Crippen LogP contribution in [0.2, 0.25) is 5.02 Å². The van der Waals surface area contributed by atoms with Gasteiger partial charge in [-0.1, -0.05) is 48.0 Å². The van der Waals surface area contributed by atoms with Gasteiger partial charge in [0.25, 0.3) is 5.91 Å². The minimum Gasteiger partial charge on any atom is -0.337 e. The van der Waals surface area contributed by atoms with Crippen LogP contribution in [0.3, 0.4) is 0 Å². The Bertz CT molecular complexity index is 649. The lowest BCUT2D eigenvalue weighted by Gasteiger charge is -2.21. The van der Waals surface area contributed by atoms with Crippen LogP contribution in [0.15, 0.2) is 48.5 Å². The van der Waals surface area contributed by atoms with Crippen molar-refractivity contribution in [3.8, 4) is 11.1 Å². The molecule has 1 aliphatic heterocycles. The van der Waals surface area contributed by atoms with Crippen molar-refractivity contribution in [2.75, 3.05) is 26.2 Å². The van der Waals surface area contributed by atoms with E-state index in [0.29, 0.717) is 10.6 Å². The van der Waals surface area contributed by atoms with E-state index in [-0.39, 0.29) is 5.91 Å². The van der Waals surface area contributed by atoms with Crippen molar-refractivity contribution in [1.29, 1.82) is 0 Å². The molecular formula is C18H19ClN2O. The summed E-state index contributed by atoms with van der Waals surface area (Å²) in [7, 11) is 0. The maximum Gasteiger partial charge on any atom is 0.255 e. The lowest BCUT2D eigenvalue weighted by Crippen LogP contribution is -2.34. The van der Waals surface area contributed by atoms with Gasteiger partial charge < -0.3 is 10.2 Å². The smallest absolute Gasteiger partial charge is 0.255 e. The molecule has 1 aliphatic rings. The monoisotopic (exact) mass is 314 g/mol. The molecular weight excluding hydrogens is 296 g/mol. The Hall–Kier alpha value is -1.84. The lowest BCUT2D eigenvalue weighted by molar-refractivity contribution is 0.0766. The Balaban J connectivity index is 1.91. The Morgan fingerprint density at radius 2 is 1.82 bits per heavy atom. The standard InChI is InChI=1S/C18H19ClN2O/c19-17-8-7-15(14-5-2-1-3-6-14)13-16(17)18(22)21-11-4-9-20-10-12-21/h1-3,5-8,13,20H,4,9-12H2. The fourth-order valence-corrected chi connectivity index (χ4v) is 2.92. The Morgan fingerprint density at radius 1 is 1.00 bits per heavy atom. The van der Waals surface area contributed by atoms with E-state index < -0.39 is 0 Å². The quantitative estimate of drug-likeness (QED) is 0.921. The van der Waals surface area contributed by atoms with Crippen LogP contribution in [0.4, 0.5) is 0 Å². The van der Waals surface area contributed by atoms with Gasteiger partial charge in [0, 0.05) is 19.6 Å². The average Bonchev–Trinajstić information content (AvgIpc) is 2.85. The van der Waals surface area contributed by atoms with Gasteiger partial charge >= 0.3 is 0 Å². The van der Waals surface area contributed by atoms with Gasteiger partial charge in [-0.15, -0.1) is 0 Å². The van der Waals surface area contributed by atoms with Gasteiger partial charge in [-0.25, -0.2) is 0 Å². The Labute approximate surface area is 135 Å². The summed E-state index contributed by atoms with van der Waals surface area (Å²) in [5, 5.41) is 3.82. The van der Waals surface area contributed by atoms with Crippen molar-refractivity contribution in [1.82, 2.24) is 10.2 Å². The van der Waals surface area contributed by atoms with Gasteiger partial charge in [-0.3, -0.25) is 4.79 Å². The molecule has 0 aliphatic carbocycles. The molecule has 0 unspecified atom stereocenters. The van der Waals surface area contributed by atoms with Crippen molar-refractivity contribution in [2.24, 2.45) is 0 Å². The number of hydrogen-bond acceptors (Lipinski definition) is 2. The molecule has 22 heavy (non-hydrogen) atoms. The summed E-state index contributed by atoms with van der Waals surface area (Å²) in [4.78, 5) is 14.7. The molecule has 1 saturated heterocycles. The van der Waals surface area contributed by atoms with Gasteiger partial charge in [0.05, 0.1) is 10.6 Å². The SMILES string of the molecule is O=C(c1cc(-c2ccccc2)ccc1Cl)N1CCCNCC1. The number of nitrogens with zero attached hydrogens (tertiary/aromatic N) is 1. The number of rotatable bonds is 2.